The summed E-state index contributed by atoms with van der Waals surface area (Å²) >= 11 is 0. The molecule has 4 atom stereocenters. The van der Waals surface area contributed by atoms with Gasteiger partial charge in [-0.3, -0.25) is 0 Å². The number of aliphatic hydroxyl groups is 1. The lowest BCUT2D eigenvalue weighted by atomic mass is 9.63. The van der Waals surface area contributed by atoms with Crippen molar-refractivity contribution >= 4 is 8.32 Å². The first-order chi connectivity index (χ1) is 10.0. The Kier molecular flexibility index (Phi) is 5.02. The van der Waals surface area contributed by atoms with Crippen LogP contribution in [0.1, 0.15) is 59.8 Å². The summed E-state index contributed by atoms with van der Waals surface area (Å²) in [6.07, 6.45) is 6.55. The van der Waals surface area contributed by atoms with Gasteiger partial charge in [0, 0.05) is 6.10 Å². The van der Waals surface area contributed by atoms with Gasteiger partial charge in [0.1, 0.15) is 0 Å². The molecule has 0 amide bonds. The lowest BCUT2D eigenvalue weighted by molar-refractivity contribution is -0.00474. The summed E-state index contributed by atoms with van der Waals surface area (Å²) in [6.45, 7) is 18.4. The maximum absolute atomic E-state index is 9.54. The summed E-state index contributed by atoms with van der Waals surface area (Å²) in [4.78, 5) is 0. The fourth-order valence-corrected chi connectivity index (χ4v) is 5.99. The van der Waals surface area contributed by atoms with Gasteiger partial charge < -0.3 is 9.53 Å². The van der Waals surface area contributed by atoms with Gasteiger partial charge in [-0.2, -0.15) is 0 Å². The van der Waals surface area contributed by atoms with E-state index in [0.29, 0.717) is 17.9 Å². The van der Waals surface area contributed by atoms with Crippen LogP contribution in [0.4, 0.5) is 0 Å². The van der Waals surface area contributed by atoms with Gasteiger partial charge in [-0.25, -0.2) is 0 Å². The smallest absolute Gasteiger partial charge is 0.192 e. The van der Waals surface area contributed by atoms with Crippen molar-refractivity contribution in [2.24, 2.45) is 17.3 Å². The van der Waals surface area contributed by atoms with Crippen LogP contribution in [0, 0.1) is 17.3 Å². The molecule has 22 heavy (non-hydrogen) atoms. The Balaban J connectivity index is 2.18. The highest BCUT2D eigenvalue weighted by Gasteiger charge is 2.53. The van der Waals surface area contributed by atoms with E-state index in [4.69, 9.17) is 4.43 Å². The van der Waals surface area contributed by atoms with Crippen LogP contribution in [0.15, 0.2) is 12.2 Å². The predicted octanol–water partition coefficient (Wildman–Crippen LogP) is 5.14. The molecule has 2 nitrogen and oxygen atoms in total. The van der Waals surface area contributed by atoms with Gasteiger partial charge in [-0.1, -0.05) is 40.7 Å². The van der Waals surface area contributed by atoms with Crippen molar-refractivity contribution in [2.45, 2.75) is 84.0 Å². The van der Waals surface area contributed by atoms with Gasteiger partial charge in [0.2, 0.25) is 0 Å². The van der Waals surface area contributed by atoms with E-state index in [1.165, 1.54) is 32.1 Å². The number of aliphatic hydroxyl groups excluding tert-OH is 1. The monoisotopic (exact) mass is 324 g/mol. The molecule has 2 saturated carbocycles. The van der Waals surface area contributed by atoms with Crippen LogP contribution in [-0.4, -0.2) is 26.1 Å². The molecule has 2 aliphatic rings. The maximum Gasteiger partial charge on any atom is 0.192 e. The van der Waals surface area contributed by atoms with Crippen LogP contribution in [0.5, 0.6) is 0 Å². The molecule has 128 valence electrons. The number of fused-ring (bicyclic) bond motifs is 1. The second-order valence-corrected chi connectivity index (χ2v) is 14.1. The van der Waals surface area contributed by atoms with Gasteiger partial charge in [0.05, 0.1) is 6.61 Å². The van der Waals surface area contributed by atoms with E-state index in [0.717, 1.165) is 5.57 Å². The van der Waals surface area contributed by atoms with Crippen LogP contribution in [-0.2, 0) is 4.43 Å². The molecule has 0 saturated heterocycles. The molecule has 0 heterocycles. The second-order valence-electron chi connectivity index (χ2n) is 9.37. The molecule has 1 N–H and O–H groups in total. The lowest BCUT2D eigenvalue weighted by Gasteiger charge is -2.49. The molecule has 0 aliphatic heterocycles. The van der Waals surface area contributed by atoms with Crippen molar-refractivity contribution < 1.29 is 9.53 Å². The number of hydrogen-bond donors (Lipinski definition) is 1. The average molecular weight is 325 g/mol. The Morgan fingerprint density at radius 3 is 2.45 bits per heavy atom. The van der Waals surface area contributed by atoms with Gasteiger partial charge >= 0.3 is 0 Å². The quantitative estimate of drug-likeness (QED) is 0.573. The van der Waals surface area contributed by atoms with Crippen LogP contribution in [0.2, 0.25) is 18.1 Å². The Hall–Kier alpha value is -0.123. The first kappa shape index (κ1) is 18.2. The van der Waals surface area contributed by atoms with Crippen molar-refractivity contribution in [1.82, 2.24) is 0 Å². The summed E-state index contributed by atoms with van der Waals surface area (Å²) in [7, 11) is -1.71. The van der Waals surface area contributed by atoms with E-state index >= 15 is 0 Å². The minimum atomic E-state index is -1.71. The average Bonchev–Trinajstić information content (AvgIpc) is 2.74. The third-order valence-corrected chi connectivity index (χ3v) is 11.5. The zero-order chi connectivity index (χ0) is 16.8. The van der Waals surface area contributed by atoms with Crippen molar-refractivity contribution in [1.29, 1.82) is 0 Å². The minimum absolute atomic E-state index is 0.140. The highest BCUT2D eigenvalue weighted by molar-refractivity contribution is 6.74. The number of hydrogen-bond acceptors (Lipinski definition) is 2. The normalized spacial score (nSPS) is 36.2. The van der Waals surface area contributed by atoms with E-state index in [1.54, 1.807) is 0 Å². The highest BCUT2D eigenvalue weighted by Crippen LogP contribution is 2.58. The summed E-state index contributed by atoms with van der Waals surface area (Å²) in [5.74, 6) is 1.12. The van der Waals surface area contributed by atoms with Crippen LogP contribution >= 0.6 is 0 Å². The molecular weight excluding hydrogens is 288 g/mol. The van der Waals surface area contributed by atoms with Gasteiger partial charge in [0.25, 0.3) is 0 Å². The van der Waals surface area contributed by atoms with E-state index in [9.17, 15) is 5.11 Å². The third-order valence-electron chi connectivity index (χ3n) is 7.01. The fraction of sp³-hybridized carbons (Fsp3) is 0.895. The Morgan fingerprint density at radius 2 is 1.91 bits per heavy atom. The molecule has 0 aromatic carbocycles. The topological polar surface area (TPSA) is 29.5 Å². The van der Waals surface area contributed by atoms with E-state index in [1.807, 2.05) is 0 Å². The standard InChI is InChI=1S/C19H36O2Si/c1-14(13-20)15-10-11-16-17(9-8-12-19(15,16)5)21-22(6,7)18(2,3)4/h15-17,20H,1,8-13H2,2-7H3/t15-,16+,17+,19-/m1/s1. The van der Waals surface area contributed by atoms with Crippen molar-refractivity contribution in [3.63, 3.8) is 0 Å². The van der Waals surface area contributed by atoms with E-state index < -0.39 is 8.32 Å². The summed E-state index contributed by atoms with van der Waals surface area (Å²) in [6, 6.07) is 0. The van der Waals surface area contributed by atoms with Crippen LogP contribution in [0.25, 0.3) is 0 Å². The summed E-state index contributed by atoms with van der Waals surface area (Å²) < 4.78 is 6.83. The van der Waals surface area contributed by atoms with Gasteiger partial charge in [0.15, 0.2) is 8.32 Å². The second kappa shape index (κ2) is 6.07. The Bertz CT molecular complexity index is 424. The molecule has 0 aromatic heterocycles. The highest BCUT2D eigenvalue weighted by atomic mass is 28.4. The van der Waals surface area contributed by atoms with Crippen molar-refractivity contribution in [3.05, 3.63) is 12.2 Å². The first-order valence-corrected chi connectivity index (χ1v) is 11.9. The molecule has 2 fully saturated rings. The molecule has 0 unspecified atom stereocenters. The number of rotatable bonds is 4. The molecule has 0 spiro atoms. The first-order valence-electron chi connectivity index (χ1n) is 8.99. The summed E-state index contributed by atoms with van der Waals surface area (Å²) in [5.41, 5.74) is 1.32. The Labute approximate surface area is 138 Å². The maximum atomic E-state index is 9.54. The van der Waals surface area contributed by atoms with E-state index in [2.05, 4.69) is 47.4 Å². The van der Waals surface area contributed by atoms with Crippen LogP contribution < -0.4 is 0 Å². The van der Waals surface area contributed by atoms with Crippen molar-refractivity contribution in [2.75, 3.05) is 6.61 Å². The molecule has 0 bridgehead atoms. The SMILES string of the molecule is C=C(CO)[C@H]1CC[C@H]2[C@@H](O[Si](C)(C)C(C)(C)C)CCC[C@]12C. The molecule has 2 aliphatic carbocycles. The minimum Gasteiger partial charge on any atom is -0.414 e. The van der Waals surface area contributed by atoms with Crippen molar-refractivity contribution in [3.8, 4) is 0 Å². The zero-order valence-electron chi connectivity index (χ0n) is 15.5. The fourth-order valence-electron chi connectivity index (χ4n) is 4.60. The third kappa shape index (κ3) is 3.09. The molecule has 2 rings (SSSR count). The lowest BCUT2D eigenvalue weighted by Crippen LogP contribution is -2.50. The molecule has 0 radical (unpaired) electrons. The Morgan fingerprint density at radius 1 is 1.27 bits per heavy atom. The summed E-state index contributed by atoms with van der Waals surface area (Å²) in [5, 5.41) is 9.81. The van der Waals surface area contributed by atoms with Crippen LogP contribution in [0.3, 0.4) is 0 Å². The molecule has 3 heteroatoms. The zero-order valence-corrected chi connectivity index (χ0v) is 16.5. The molecule has 0 aromatic rings. The largest absolute Gasteiger partial charge is 0.414 e. The van der Waals surface area contributed by atoms with E-state index in [-0.39, 0.29) is 17.1 Å². The van der Waals surface area contributed by atoms with Gasteiger partial charge in [-0.05, 0) is 66.6 Å². The molecular formula is C19H36O2Si. The van der Waals surface area contributed by atoms with Gasteiger partial charge in [-0.15, -0.1) is 0 Å². The predicted molar refractivity (Wildman–Crippen MR) is 96.5 cm³/mol.